The summed E-state index contributed by atoms with van der Waals surface area (Å²) in [5.41, 5.74) is 1.91. The highest BCUT2D eigenvalue weighted by Crippen LogP contribution is 2.54. The maximum atomic E-state index is 6.19. The van der Waals surface area contributed by atoms with E-state index in [4.69, 9.17) is 16.1 Å². The van der Waals surface area contributed by atoms with Gasteiger partial charge in [-0.25, -0.2) is 4.98 Å². The standard InChI is InChI=1S/C15H13ClN3OPS/c1-11-6-2-5-9-14(11)22-21(15-17-10-18-19-15)20-13-8-4-3-7-12(13)16/h2-10H,1H3,(H,17,18,19). The first-order valence-electron chi connectivity index (χ1n) is 6.55. The summed E-state index contributed by atoms with van der Waals surface area (Å²) in [6.45, 7) is 2.08. The van der Waals surface area contributed by atoms with Crippen LogP contribution < -0.4 is 10.1 Å². The van der Waals surface area contributed by atoms with Crippen LogP contribution in [0, 0.1) is 6.92 Å². The molecule has 112 valence electrons. The third kappa shape index (κ3) is 3.61. The summed E-state index contributed by atoms with van der Waals surface area (Å²) in [7, 11) is -1.10. The molecule has 0 fully saturated rings. The molecule has 4 nitrogen and oxygen atoms in total. The SMILES string of the molecule is Cc1ccccc1SP(Oc1ccccc1Cl)c1ncn[nH]1. The largest absolute Gasteiger partial charge is 0.453 e. The monoisotopic (exact) mass is 349 g/mol. The minimum Gasteiger partial charge on any atom is -0.453 e. The first-order chi connectivity index (χ1) is 10.7. The van der Waals surface area contributed by atoms with Crippen LogP contribution in [0.25, 0.3) is 0 Å². The van der Waals surface area contributed by atoms with Crippen LogP contribution in [0.15, 0.2) is 59.8 Å². The third-order valence-electron chi connectivity index (χ3n) is 2.87. The molecule has 0 saturated heterocycles. The average Bonchev–Trinajstić information content (AvgIpc) is 3.05. The molecule has 0 radical (unpaired) electrons. The molecule has 1 aromatic heterocycles. The Morgan fingerprint density at radius 2 is 1.91 bits per heavy atom. The highest BCUT2D eigenvalue weighted by atomic mass is 35.5. The van der Waals surface area contributed by atoms with Gasteiger partial charge >= 0.3 is 0 Å². The zero-order chi connectivity index (χ0) is 15.4. The molecule has 1 N–H and O–H groups in total. The molecule has 22 heavy (non-hydrogen) atoms. The lowest BCUT2D eigenvalue weighted by molar-refractivity contribution is 0.633. The Kier molecular flexibility index (Phi) is 4.98. The van der Waals surface area contributed by atoms with Gasteiger partial charge in [0.1, 0.15) is 12.1 Å². The number of nitrogens with zero attached hydrogens (tertiary/aromatic N) is 2. The van der Waals surface area contributed by atoms with Gasteiger partial charge in [-0.15, -0.1) is 0 Å². The molecule has 3 rings (SSSR count). The second kappa shape index (κ2) is 7.14. The normalized spacial score (nSPS) is 12.1. The number of hydrogen-bond donors (Lipinski definition) is 1. The lowest BCUT2D eigenvalue weighted by atomic mass is 10.2. The summed E-state index contributed by atoms with van der Waals surface area (Å²) < 4.78 is 6.11. The summed E-state index contributed by atoms with van der Waals surface area (Å²) in [6.07, 6.45) is 1.49. The minimum atomic E-state index is -1.10. The highest BCUT2D eigenvalue weighted by molar-refractivity contribution is 8.56. The maximum Gasteiger partial charge on any atom is 0.222 e. The van der Waals surface area contributed by atoms with Crippen LogP contribution in [-0.4, -0.2) is 15.2 Å². The Balaban J connectivity index is 1.88. The summed E-state index contributed by atoms with van der Waals surface area (Å²) in [4.78, 5) is 5.39. The van der Waals surface area contributed by atoms with Gasteiger partial charge in [-0.05, 0) is 42.1 Å². The van der Waals surface area contributed by atoms with E-state index in [1.54, 1.807) is 11.4 Å². The molecule has 0 saturated carbocycles. The van der Waals surface area contributed by atoms with Gasteiger partial charge in [-0.3, -0.25) is 5.10 Å². The third-order valence-corrected chi connectivity index (χ3v) is 6.75. The molecule has 0 spiro atoms. The molecule has 1 unspecified atom stereocenters. The van der Waals surface area contributed by atoms with Crippen LogP contribution in [0.5, 0.6) is 5.75 Å². The Labute approximate surface area is 138 Å². The maximum absolute atomic E-state index is 6.19. The van der Waals surface area contributed by atoms with Crippen LogP contribution in [0.1, 0.15) is 5.56 Å². The lowest BCUT2D eigenvalue weighted by Crippen LogP contribution is -2.08. The van der Waals surface area contributed by atoms with Gasteiger partial charge in [0.05, 0.1) is 5.02 Å². The predicted octanol–water partition coefficient (Wildman–Crippen LogP) is 4.58. The molecule has 7 heteroatoms. The van der Waals surface area contributed by atoms with E-state index in [1.807, 2.05) is 36.4 Å². The van der Waals surface area contributed by atoms with Crippen molar-refractivity contribution in [2.24, 2.45) is 0 Å². The smallest absolute Gasteiger partial charge is 0.222 e. The molecule has 0 bridgehead atoms. The van der Waals surface area contributed by atoms with Crippen LogP contribution in [0.2, 0.25) is 5.02 Å². The fourth-order valence-corrected chi connectivity index (χ4v) is 5.37. The van der Waals surface area contributed by atoms with Crippen LogP contribution >= 0.6 is 30.3 Å². The van der Waals surface area contributed by atoms with Crippen molar-refractivity contribution in [3.05, 3.63) is 65.4 Å². The van der Waals surface area contributed by atoms with Gasteiger partial charge in [-0.1, -0.05) is 41.9 Å². The lowest BCUT2D eigenvalue weighted by Gasteiger charge is -2.17. The summed E-state index contributed by atoms with van der Waals surface area (Å²) >= 11 is 7.82. The van der Waals surface area contributed by atoms with E-state index in [-0.39, 0.29) is 0 Å². The van der Waals surface area contributed by atoms with Crippen LogP contribution in [-0.2, 0) is 0 Å². The van der Waals surface area contributed by atoms with Gasteiger partial charge in [0, 0.05) is 4.90 Å². The van der Waals surface area contributed by atoms with E-state index in [1.165, 1.54) is 11.9 Å². The zero-order valence-electron chi connectivity index (χ0n) is 11.7. The molecule has 0 aliphatic rings. The van der Waals surface area contributed by atoms with Crippen molar-refractivity contribution in [3.8, 4) is 5.75 Å². The van der Waals surface area contributed by atoms with Gasteiger partial charge < -0.3 is 4.52 Å². The van der Waals surface area contributed by atoms with E-state index >= 15 is 0 Å². The van der Waals surface area contributed by atoms with Crippen molar-refractivity contribution in [1.29, 1.82) is 0 Å². The first-order valence-corrected chi connectivity index (χ1v) is 9.61. The molecule has 0 aliphatic heterocycles. The minimum absolute atomic E-state index is 0.583. The second-order valence-corrected chi connectivity index (χ2v) is 8.14. The molecule has 3 aromatic rings. The second-order valence-electron chi connectivity index (χ2n) is 4.44. The number of benzene rings is 2. The predicted molar refractivity (Wildman–Crippen MR) is 92.1 cm³/mol. The number of para-hydroxylation sites is 1. The summed E-state index contributed by atoms with van der Waals surface area (Å²) in [5.74, 6) is 0.646. The van der Waals surface area contributed by atoms with Crippen molar-refractivity contribution < 1.29 is 4.52 Å². The molecule has 0 amide bonds. The Hall–Kier alpha value is -1.55. The summed E-state index contributed by atoms with van der Waals surface area (Å²) in [6, 6.07) is 15.6. The molecule has 1 heterocycles. The number of halogens is 1. The molecular formula is C15H13ClN3OPS. The number of aromatic amines is 1. The average molecular weight is 350 g/mol. The Morgan fingerprint density at radius 3 is 2.64 bits per heavy atom. The quantitative estimate of drug-likeness (QED) is 0.685. The fourth-order valence-electron chi connectivity index (χ4n) is 1.75. The van der Waals surface area contributed by atoms with Gasteiger partial charge in [0.2, 0.25) is 7.35 Å². The van der Waals surface area contributed by atoms with Gasteiger partial charge in [-0.2, -0.15) is 5.10 Å². The highest BCUT2D eigenvalue weighted by Gasteiger charge is 2.21. The molecule has 2 aromatic carbocycles. The van der Waals surface area contributed by atoms with E-state index in [0.717, 1.165) is 4.90 Å². The number of aryl methyl sites for hydroxylation is 1. The first kappa shape index (κ1) is 15.3. The van der Waals surface area contributed by atoms with Crippen molar-refractivity contribution in [1.82, 2.24) is 15.2 Å². The number of hydrogen-bond acceptors (Lipinski definition) is 4. The number of aromatic nitrogens is 3. The zero-order valence-corrected chi connectivity index (χ0v) is 14.2. The number of rotatable bonds is 5. The van der Waals surface area contributed by atoms with E-state index < -0.39 is 7.35 Å². The topological polar surface area (TPSA) is 50.8 Å². The van der Waals surface area contributed by atoms with Crippen molar-refractivity contribution in [2.75, 3.05) is 0 Å². The van der Waals surface area contributed by atoms with Gasteiger partial charge in [0.15, 0.2) is 5.57 Å². The van der Waals surface area contributed by atoms with Crippen LogP contribution in [0.4, 0.5) is 0 Å². The van der Waals surface area contributed by atoms with E-state index in [2.05, 4.69) is 34.2 Å². The molecule has 0 aliphatic carbocycles. The van der Waals surface area contributed by atoms with Gasteiger partial charge in [0.25, 0.3) is 0 Å². The Bertz CT molecular complexity index is 707. The number of nitrogens with one attached hydrogen (secondary N) is 1. The van der Waals surface area contributed by atoms with Crippen LogP contribution in [0.3, 0.4) is 0 Å². The summed E-state index contributed by atoms with van der Waals surface area (Å²) in [5, 5.41) is 7.40. The number of H-pyrrole nitrogens is 1. The van der Waals surface area contributed by atoms with E-state index in [9.17, 15) is 0 Å². The van der Waals surface area contributed by atoms with Crippen molar-refractivity contribution in [3.63, 3.8) is 0 Å². The van der Waals surface area contributed by atoms with Crippen molar-refractivity contribution >= 4 is 35.9 Å². The van der Waals surface area contributed by atoms with E-state index in [0.29, 0.717) is 16.3 Å². The fraction of sp³-hybridized carbons (Fsp3) is 0.0667. The molecule has 1 atom stereocenters. The molecular weight excluding hydrogens is 337 g/mol. The Morgan fingerprint density at radius 1 is 1.14 bits per heavy atom. The van der Waals surface area contributed by atoms with Crippen molar-refractivity contribution in [2.45, 2.75) is 11.8 Å².